The maximum Gasteiger partial charge on any atom is 0.224 e. The lowest BCUT2D eigenvalue weighted by Crippen LogP contribution is -2.38. The van der Waals surface area contributed by atoms with Gasteiger partial charge in [-0.3, -0.25) is 14.5 Å². The SMILES string of the molecule is COc1ccccc1[C@@H]1C2=C(CC(C)(C)CC2=O)Nc2ccccc2N1C(C)=O. The number of nitrogens with one attached hydrogen (secondary N) is 1. The third-order valence-corrected chi connectivity index (χ3v) is 5.67. The van der Waals surface area contributed by atoms with Crippen LogP contribution in [0.5, 0.6) is 5.75 Å². The summed E-state index contributed by atoms with van der Waals surface area (Å²) in [6.45, 7) is 5.75. The van der Waals surface area contributed by atoms with Gasteiger partial charge in [-0.1, -0.05) is 44.2 Å². The molecule has 1 atom stereocenters. The van der Waals surface area contributed by atoms with Crippen molar-refractivity contribution in [3.8, 4) is 5.75 Å². The average molecular weight is 390 g/mol. The van der Waals surface area contributed by atoms with E-state index in [0.29, 0.717) is 17.7 Å². The third-order valence-electron chi connectivity index (χ3n) is 5.67. The van der Waals surface area contributed by atoms with E-state index in [1.807, 2.05) is 48.5 Å². The average Bonchev–Trinajstić information content (AvgIpc) is 2.81. The molecule has 0 bridgehead atoms. The van der Waals surface area contributed by atoms with Crippen LogP contribution in [-0.4, -0.2) is 18.8 Å². The van der Waals surface area contributed by atoms with Gasteiger partial charge in [-0.05, 0) is 30.0 Å². The van der Waals surface area contributed by atoms with Crippen molar-refractivity contribution in [2.24, 2.45) is 5.41 Å². The number of ketones is 1. The van der Waals surface area contributed by atoms with E-state index in [2.05, 4.69) is 19.2 Å². The summed E-state index contributed by atoms with van der Waals surface area (Å²) >= 11 is 0. The van der Waals surface area contributed by atoms with E-state index in [4.69, 9.17) is 4.74 Å². The molecule has 2 aromatic rings. The van der Waals surface area contributed by atoms with Crippen molar-refractivity contribution in [1.82, 2.24) is 0 Å². The minimum Gasteiger partial charge on any atom is -0.496 e. The van der Waals surface area contributed by atoms with Crippen LogP contribution in [0.15, 0.2) is 59.8 Å². The van der Waals surface area contributed by atoms with Gasteiger partial charge in [-0.25, -0.2) is 0 Å². The second-order valence-electron chi connectivity index (χ2n) is 8.51. The molecule has 1 aliphatic carbocycles. The predicted octanol–water partition coefficient (Wildman–Crippen LogP) is 4.86. The Kier molecular flexibility index (Phi) is 4.69. The number of Topliss-reactive ketones (excluding diaryl/α,β-unsaturated/α-hetero) is 1. The normalized spacial score (nSPS) is 20.3. The van der Waals surface area contributed by atoms with Crippen molar-refractivity contribution in [2.75, 3.05) is 17.3 Å². The Morgan fingerprint density at radius 3 is 2.52 bits per heavy atom. The summed E-state index contributed by atoms with van der Waals surface area (Å²) in [6, 6.07) is 14.8. The summed E-state index contributed by atoms with van der Waals surface area (Å²) in [5.74, 6) is 0.605. The fourth-order valence-electron chi connectivity index (χ4n) is 4.52. The van der Waals surface area contributed by atoms with E-state index >= 15 is 0 Å². The Labute approximate surface area is 171 Å². The van der Waals surface area contributed by atoms with E-state index in [1.165, 1.54) is 0 Å². The van der Waals surface area contributed by atoms with Crippen molar-refractivity contribution < 1.29 is 14.3 Å². The second-order valence-corrected chi connectivity index (χ2v) is 8.51. The lowest BCUT2D eigenvalue weighted by Gasteiger charge is -2.37. The molecule has 29 heavy (non-hydrogen) atoms. The molecule has 0 aromatic heterocycles. The van der Waals surface area contributed by atoms with Crippen molar-refractivity contribution >= 4 is 23.1 Å². The molecule has 0 fully saturated rings. The zero-order valence-corrected chi connectivity index (χ0v) is 17.3. The molecule has 2 aliphatic rings. The first kappa shape index (κ1) is 19.2. The first-order chi connectivity index (χ1) is 13.8. The maximum absolute atomic E-state index is 13.4. The van der Waals surface area contributed by atoms with Crippen LogP contribution < -0.4 is 15.0 Å². The quantitative estimate of drug-likeness (QED) is 0.796. The van der Waals surface area contributed by atoms with E-state index in [9.17, 15) is 9.59 Å². The molecule has 0 saturated carbocycles. The highest BCUT2D eigenvalue weighted by molar-refractivity contribution is 6.06. The van der Waals surface area contributed by atoms with Gasteiger partial charge in [0.25, 0.3) is 0 Å². The summed E-state index contributed by atoms with van der Waals surface area (Å²) in [5, 5.41) is 3.49. The monoisotopic (exact) mass is 390 g/mol. The van der Waals surface area contributed by atoms with Crippen LogP contribution in [0.2, 0.25) is 0 Å². The van der Waals surface area contributed by atoms with Crippen molar-refractivity contribution in [3.05, 3.63) is 65.4 Å². The molecule has 0 radical (unpaired) electrons. The summed E-state index contributed by atoms with van der Waals surface area (Å²) in [5.41, 5.74) is 3.80. The number of ether oxygens (including phenoxy) is 1. The summed E-state index contributed by atoms with van der Waals surface area (Å²) < 4.78 is 5.62. The van der Waals surface area contributed by atoms with Crippen molar-refractivity contribution in [1.29, 1.82) is 0 Å². The van der Waals surface area contributed by atoms with E-state index in [-0.39, 0.29) is 17.1 Å². The number of rotatable bonds is 2. The van der Waals surface area contributed by atoms with Gasteiger partial charge in [0.05, 0.1) is 24.5 Å². The minimum absolute atomic E-state index is 0.0683. The zero-order valence-electron chi connectivity index (χ0n) is 17.3. The molecule has 0 spiro atoms. The smallest absolute Gasteiger partial charge is 0.224 e. The highest BCUT2D eigenvalue weighted by Crippen LogP contribution is 2.49. The number of nitrogens with zero attached hydrogens (tertiary/aromatic N) is 1. The number of fused-ring (bicyclic) bond motifs is 1. The molecule has 0 saturated heterocycles. The predicted molar refractivity (Wildman–Crippen MR) is 114 cm³/mol. The fraction of sp³-hybridized carbons (Fsp3) is 0.333. The molecule has 1 N–H and O–H groups in total. The van der Waals surface area contributed by atoms with Crippen molar-refractivity contribution in [3.63, 3.8) is 0 Å². The highest BCUT2D eigenvalue weighted by Gasteiger charge is 2.43. The highest BCUT2D eigenvalue weighted by atomic mass is 16.5. The van der Waals surface area contributed by atoms with E-state index in [1.54, 1.807) is 18.9 Å². The van der Waals surface area contributed by atoms with Gasteiger partial charge < -0.3 is 10.1 Å². The number of anilines is 2. The standard InChI is InChI=1S/C24H26N2O3/c1-15(27)26-19-11-7-6-10-17(19)25-18-13-24(2,3)14-20(28)22(18)23(26)16-9-5-8-12-21(16)29-4/h5-12,23,25H,13-14H2,1-4H3/t23-/m1/s1. The Morgan fingerprint density at radius 2 is 1.79 bits per heavy atom. The van der Waals surface area contributed by atoms with Crippen LogP contribution in [0, 0.1) is 5.41 Å². The fourth-order valence-corrected chi connectivity index (χ4v) is 4.52. The number of benzene rings is 2. The lowest BCUT2D eigenvalue weighted by molar-refractivity contribution is -0.118. The second kappa shape index (κ2) is 7.07. The third kappa shape index (κ3) is 3.31. The number of methoxy groups -OCH3 is 1. The van der Waals surface area contributed by atoms with Gasteiger partial charge in [0.2, 0.25) is 5.91 Å². The van der Waals surface area contributed by atoms with Crippen LogP contribution in [0.1, 0.15) is 45.2 Å². The first-order valence-corrected chi connectivity index (χ1v) is 9.87. The van der Waals surface area contributed by atoms with Gasteiger partial charge >= 0.3 is 0 Å². The molecule has 1 amide bonds. The van der Waals surface area contributed by atoms with Crippen LogP contribution in [0.3, 0.4) is 0 Å². The minimum atomic E-state index is -0.543. The molecular weight excluding hydrogens is 364 g/mol. The topological polar surface area (TPSA) is 58.6 Å². The lowest BCUT2D eigenvalue weighted by atomic mass is 9.73. The Morgan fingerprint density at radius 1 is 1.10 bits per heavy atom. The molecule has 0 unspecified atom stereocenters. The van der Waals surface area contributed by atoms with Gasteiger partial charge in [-0.15, -0.1) is 0 Å². The number of hydrogen-bond donors (Lipinski definition) is 1. The molecular formula is C24H26N2O3. The number of para-hydroxylation sites is 3. The van der Waals surface area contributed by atoms with Crippen LogP contribution >= 0.6 is 0 Å². The number of carbonyl (C=O) groups excluding carboxylic acids is 2. The summed E-state index contributed by atoms with van der Waals surface area (Å²) in [6.07, 6.45) is 1.18. The Balaban J connectivity index is 2.04. The van der Waals surface area contributed by atoms with Crippen molar-refractivity contribution in [2.45, 2.75) is 39.7 Å². The zero-order chi connectivity index (χ0) is 20.8. The number of hydrogen-bond acceptors (Lipinski definition) is 4. The number of carbonyl (C=O) groups is 2. The van der Waals surface area contributed by atoms with Crippen LogP contribution in [-0.2, 0) is 9.59 Å². The number of amides is 1. The van der Waals surface area contributed by atoms with E-state index in [0.717, 1.165) is 29.1 Å². The molecule has 5 heteroatoms. The Hall–Kier alpha value is -3.08. The van der Waals surface area contributed by atoms with Gasteiger partial charge in [0.1, 0.15) is 5.75 Å². The molecule has 1 aliphatic heterocycles. The van der Waals surface area contributed by atoms with Gasteiger partial charge in [0.15, 0.2) is 5.78 Å². The van der Waals surface area contributed by atoms with Gasteiger partial charge in [-0.2, -0.15) is 0 Å². The molecule has 150 valence electrons. The van der Waals surface area contributed by atoms with Crippen LogP contribution in [0.25, 0.3) is 0 Å². The summed E-state index contributed by atoms with van der Waals surface area (Å²) in [7, 11) is 1.61. The molecule has 4 rings (SSSR count). The summed E-state index contributed by atoms with van der Waals surface area (Å²) in [4.78, 5) is 28.1. The largest absolute Gasteiger partial charge is 0.496 e. The molecule has 5 nitrogen and oxygen atoms in total. The van der Waals surface area contributed by atoms with Gasteiger partial charge in [0, 0.05) is 30.2 Å². The maximum atomic E-state index is 13.4. The number of allylic oxidation sites excluding steroid dienone is 1. The van der Waals surface area contributed by atoms with E-state index < -0.39 is 6.04 Å². The Bertz CT molecular complexity index is 1020. The first-order valence-electron chi connectivity index (χ1n) is 9.87. The molecule has 1 heterocycles. The molecule has 2 aromatic carbocycles. The van der Waals surface area contributed by atoms with Crippen LogP contribution in [0.4, 0.5) is 11.4 Å².